The van der Waals surface area contributed by atoms with Crippen LogP contribution in [-0.2, 0) is 9.53 Å². The zero-order valence-electron chi connectivity index (χ0n) is 24.4. The van der Waals surface area contributed by atoms with E-state index in [1.165, 1.54) is 19.1 Å². The molecule has 14 heteroatoms. The highest BCUT2D eigenvalue weighted by Crippen LogP contribution is 2.28. The quantitative estimate of drug-likeness (QED) is 0.155. The number of amides is 1. The zero-order chi connectivity index (χ0) is 30.4. The van der Waals surface area contributed by atoms with Gasteiger partial charge >= 0.3 is 5.97 Å². The van der Waals surface area contributed by atoms with E-state index in [0.717, 1.165) is 11.6 Å². The molecule has 2 aromatic heterocycles. The maximum Gasteiger partial charge on any atom is 0.346 e. The molecule has 1 amide bonds. The van der Waals surface area contributed by atoms with E-state index in [0.29, 0.717) is 30.3 Å². The van der Waals surface area contributed by atoms with Gasteiger partial charge in [0.2, 0.25) is 17.5 Å². The van der Waals surface area contributed by atoms with Gasteiger partial charge in [0.25, 0.3) is 11.8 Å². The number of carbonyl (C=O) groups is 2. The second-order valence-corrected chi connectivity index (χ2v) is 10.1. The minimum atomic E-state index is -1.83. The van der Waals surface area contributed by atoms with Crippen molar-refractivity contribution in [3.63, 3.8) is 0 Å². The van der Waals surface area contributed by atoms with Crippen molar-refractivity contribution in [3.05, 3.63) is 65.6 Å². The molecule has 0 saturated heterocycles. The maximum absolute atomic E-state index is 14.9. The fraction of sp³-hybridized carbons (Fsp3) is 0.379. The third-order valence-electron chi connectivity index (χ3n) is 6.12. The summed E-state index contributed by atoms with van der Waals surface area (Å²) in [6, 6.07) is 11.0. The Hall–Kier alpha value is -4.36. The molecular formula is C29H34ClFN6O6. The van der Waals surface area contributed by atoms with Crippen LogP contribution in [0.3, 0.4) is 0 Å². The van der Waals surface area contributed by atoms with Crippen molar-refractivity contribution in [1.82, 2.24) is 25.6 Å². The molecule has 1 unspecified atom stereocenters. The zero-order valence-corrected chi connectivity index (χ0v) is 25.2. The average Bonchev–Trinajstić information content (AvgIpc) is 3.65. The number of nitrogens with zero attached hydrogens (tertiary/aromatic N) is 4. The van der Waals surface area contributed by atoms with Crippen LogP contribution in [0.1, 0.15) is 81.6 Å². The fourth-order valence-corrected chi connectivity index (χ4v) is 3.76. The molecule has 0 aliphatic rings. The molecule has 12 nitrogen and oxygen atoms in total. The number of halogens is 2. The second kappa shape index (κ2) is 14.2. The van der Waals surface area contributed by atoms with E-state index in [2.05, 4.69) is 25.6 Å². The van der Waals surface area contributed by atoms with E-state index in [-0.39, 0.29) is 47.8 Å². The molecule has 43 heavy (non-hydrogen) atoms. The number of hydrogen-bond acceptors (Lipinski definition) is 11. The lowest BCUT2D eigenvalue weighted by molar-refractivity contribution is -0.150. The summed E-state index contributed by atoms with van der Waals surface area (Å²) in [5, 5.41) is 10.3. The number of nitrogens with one attached hydrogen (secondary N) is 1. The van der Waals surface area contributed by atoms with Crippen molar-refractivity contribution in [2.24, 2.45) is 5.73 Å². The molecule has 3 N–H and O–H groups in total. The Labute approximate surface area is 253 Å². The molecule has 2 aromatic carbocycles. The second-order valence-electron chi connectivity index (χ2n) is 10.1. The lowest BCUT2D eigenvalue weighted by Gasteiger charge is -2.24. The van der Waals surface area contributed by atoms with Crippen molar-refractivity contribution in [2.45, 2.75) is 65.1 Å². The van der Waals surface area contributed by atoms with Crippen molar-refractivity contribution in [1.29, 1.82) is 0 Å². The molecule has 230 valence electrons. The summed E-state index contributed by atoms with van der Waals surface area (Å²) in [6.07, 6.45) is 0.529. The molecule has 2 atom stereocenters. The van der Waals surface area contributed by atoms with E-state index in [1.54, 1.807) is 12.1 Å². The van der Waals surface area contributed by atoms with E-state index in [4.69, 9.17) is 24.3 Å². The number of benzene rings is 2. The monoisotopic (exact) mass is 616 g/mol. The number of ether oxygens (including phenoxy) is 2. The van der Waals surface area contributed by atoms with Gasteiger partial charge in [-0.05, 0) is 56.2 Å². The highest BCUT2D eigenvalue weighted by molar-refractivity contribution is 5.98. The standard InChI is InChI=1S/C29H33FN6O6.ClH/c1-6-14-39-28(38)29(5,31)34-25(37)20-13-10-18(15-21(20)30)24-33-27(42-36-24)22(7-2)40-19-11-8-17(9-12-19)23-32-26(16(3)4)41-35-23;/h8-13,15-16,22H,6-7,14,31H2,1-5H3,(H,34,37);1H/t22?,29-;/m1./s1. The van der Waals surface area contributed by atoms with Crippen LogP contribution < -0.4 is 15.8 Å². The van der Waals surface area contributed by atoms with Gasteiger partial charge in [0, 0.05) is 17.0 Å². The smallest absolute Gasteiger partial charge is 0.346 e. The summed E-state index contributed by atoms with van der Waals surface area (Å²) < 4.78 is 36.7. The third kappa shape index (κ3) is 7.93. The summed E-state index contributed by atoms with van der Waals surface area (Å²) in [5.74, 6) is -0.528. The molecular weight excluding hydrogens is 583 g/mol. The first-order valence-electron chi connectivity index (χ1n) is 13.5. The van der Waals surface area contributed by atoms with Gasteiger partial charge in [0.05, 0.1) is 12.2 Å². The third-order valence-corrected chi connectivity index (χ3v) is 6.12. The number of rotatable bonds is 12. The Morgan fingerprint density at radius 3 is 2.19 bits per heavy atom. The van der Waals surface area contributed by atoms with E-state index in [1.807, 2.05) is 39.8 Å². The van der Waals surface area contributed by atoms with Gasteiger partial charge in [-0.2, -0.15) is 9.97 Å². The highest BCUT2D eigenvalue weighted by Gasteiger charge is 2.33. The van der Waals surface area contributed by atoms with Gasteiger partial charge in [-0.3, -0.25) is 10.5 Å². The molecule has 0 aliphatic carbocycles. The van der Waals surface area contributed by atoms with Gasteiger partial charge in [-0.15, -0.1) is 12.4 Å². The molecule has 0 bridgehead atoms. The summed E-state index contributed by atoms with van der Waals surface area (Å²) in [4.78, 5) is 33.5. The minimum absolute atomic E-state index is 0. The molecule has 0 fully saturated rings. The van der Waals surface area contributed by atoms with Gasteiger partial charge < -0.3 is 23.8 Å². The van der Waals surface area contributed by atoms with Crippen LogP contribution in [-0.4, -0.2) is 44.4 Å². The van der Waals surface area contributed by atoms with Crippen LogP contribution in [0.4, 0.5) is 4.39 Å². The van der Waals surface area contributed by atoms with Crippen LogP contribution in [0.2, 0.25) is 0 Å². The van der Waals surface area contributed by atoms with Gasteiger partial charge in [0.15, 0.2) is 11.8 Å². The largest absolute Gasteiger partial charge is 0.481 e. The number of nitrogens with two attached hydrogens (primary N) is 1. The first-order chi connectivity index (χ1) is 20.0. The molecule has 2 heterocycles. The van der Waals surface area contributed by atoms with Crippen LogP contribution in [0.25, 0.3) is 22.8 Å². The van der Waals surface area contributed by atoms with Crippen LogP contribution in [0.5, 0.6) is 5.75 Å². The number of esters is 1. The topological polar surface area (TPSA) is 168 Å². The lowest BCUT2D eigenvalue weighted by atomic mass is 10.1. The van der Waals surface area contributed by atoms with Crippen LogP contribution in [0.15, 0.2) is 51.5 Å². The van der Waals surface area contributed by atoms with E-state index >= 15 is 0 Å². The predicted molar refractivity (Wildman–Crippen MR) is 156 cm³/mol. The molecule has 0 saturated carbocycles. The lowest BCUT2D eigenvalue weighted by Crippen LogP contribution is -2.60. The first-order valence-corrected chi connectivity index (χ1v) is 13.5. The molecule has 0 radical (unpaired) electrons. The van der Waals surface area contributed by atoms with Gasteiger partial charge in [-0.25, -0.2) is 9.18 Å². The molecule has 0 aliphatic heterocycles. The number of aromatic nitrogens is 4. The fourth-order valence-electron chi connectivity index (χ4n) is 3.76. The Morgan fingerprint density at radius 2 is 1.60 bits per heavy atom. The SMILES string of the molecule is CCCOC(=O)[C@](C)(N)NC(=O)c1ccc(-c2noc(C(CC)Oc3ccc(-c4noc(C(C)C)n4)cc3)n2)cc1F.Cl. The molecule has 0 spiro atoms. The van der Waals surface area contributed by atoms with E-state index in [9.17, 15) is 14.0 Å². The van der Waals surface area contributed by atoms with Crippen molar-refractivity contribution in [3.8, 4) is 28.5 Å². The Balaban J connectivity index is 0.00000506. The minimum Gasteiger partial charge on any atom is -0.481 e. The van der Waals surface area contributed by atoms with Crippen LogP contribution in [0, 0.1) is 5.82 Å². The van der Waals surface area contributed by atoms with Crippen molar-refractivity contribution < 1.29 is 32.5 Å². The van der Waals surface area contributed by atoms with Crippen molar-refractivity contribution in [2.75, 3.05) is 6.61 Å². The summed E-state index contributed by atoms with van der Waals surface area (Å²) >= 11 is 0. The summed E-state index contributed by atoms with van der Waals surface area (Å²) in [5.41, 5.74) is 4.77. The molecule has 4 rings (SSSR count). The Bertz CT molecular complexity index is 1540. The average molecular weight is 617 g/mol. The van der Waals surface area contributed by atoms with Crippen LogP contribution >= 0.6 is 12.4 Å². The predicted octanol–water partition coefficient (Wildman–Crippen LogP) is 5.36. The van der Waals surface area contributed by atoms with Gasteiger partial charge in [0.1, 0.15) is 11.6 Å². The van der Waals surface area contributed by atoms with Gasteiger partial charge in [-0.1, -0.05) is 44.1 Å². The van der Waals surface area contributed by atoms with E-state index < -0.39 is 29.5 Å². The number of carbonyl (C=O) groups excluding carboxylic acids is 2. The summed E-state index contributed by atoms with van der Waals surface area (Å²) in [7, 11) is 0. The summed E-state index contributed by atoms with van der Waals surface area (Å²) in [6.45, 7) is 9.08. The maximum atomic E-state index is 14.9. The number of hydrogen-bond donors (Lipinski definition) is 2. The highest BCUT2D eigenvalue weighted by atomic mass is 35.5. The van der Waals surface area contributed by atoms with Crippen molar-refractivity contribution >= 4 is 24.3 Å². The normalized spacial score (nSPS) is 13.1. The first kappa shape index (κ1) is 33.1. The Kier molecular flexibility index (Phi) is 11.0. The molecule has 4 aromatic rings. The Morgan fingerprint density at radius 1 is 1.00 bits per heavy atom.